The van der Waals surface area contributed by atoms with E-state index in [-0.39, 0.29) is 27.3 Å². The Hall–Kier alpha value is -0.658. The molecule has 40 heavy (non-hydrogen) atoms. The molecule has 3 N–H and O–H groups in total. The number of benzene rings is 3. The van der Waals surface area contributed by atoms with Gasteiger partial charge in [0.15, 0.2) is 0 Å². The molecule has 1 unspecified atom stereocenters. The summed E-state index contributed by atoms with van der Waals surface area (Å²) in [4.78, 5) is 0. The van der Waals surface area contributed by atoms with E-state index in [4.69, 9.17) is 0 Å². The van der Waals surface area contributed by atoms with Gasteiger partial charge in [-0.3, -0.25) is 0 Å². The van der Waals surface area contributed by atoms with Crippen LogP contribution in [0.25, 0.3) is 0 Å². The summed E-state index contributed by atoms with van der Waals surface area (Å²) in [6.45, 7) is 5.80. The number of hydrogen-bond acceptors (Lipinski definition) is 6. The number of thiocarbonyl (C=S) groups is 3. The Labute approximate surface area is 295 Å². The van der Waals surface area contributed by atoms with Gasteiger partial charge in [-0.2, -0.15) is 0 Å². The van der Waals surface area contributed by atoms with Gasteiger partial charge in [-0.25, -0.2) is 0 Å². The van der Waals surface area contributed by atoms with E-state index in [2.05, 4.69) is 195 Å². The molecule has 0 aromatic heterocycles. The molecule has 0 radical (unpaired) electrons. The molecule has 3 aromatic carbocycles. The minimum absolute atomic E-state index is 0. The maximum atomic E-state index is 4.67. The van der Waals surface area contributed by atoms with Crippen molar-refractivity contribution in [2.75, 3.05) is 13.1 Å². The van der Waals surface area contributed by atoms with Crippen molar-refractivity contribution in [2.45, 2.75) is 39.2 Å². The van der Waals surface area contributed by atoms with Crippen LogP contribution in [0.15, 0.2) is 91.0 Å². The Morgan fingerprint density at radius 3 is 1.20 bits per heavy atom. The molecule has 0 aliphatic carbocycles. The molecule has 0 saturated carbocycles. The Bertz CT molecular complexity index is 983. The largest absolute Gasteiger partial charge is 2.00 e. The molecule has 1 atom stereocenters. The average molecular weight is 762 g/mol. The van der Waals surface area contributed by atoms with Gasteiger partial charge in [-0.1, -0.05) is 74.5 Å². The van der Waals surface area contributed by atoms with Crippen molar-refractivity contribution in [1.29, 1.82) is 0 Å². The van der Waals surface area contributed by atoms with Gasteiger partial charge >= 0.3 is 27.3 Å². The monoisotopic (exact) mass is 763 g/mol. The van der Waals surface area contributed by atoms with Gasteiger partial charge in [0.25, 0.3) is 0 Å². The van der Waals surface area contributed by atoms with Crippen LogP contribution in [-0.2, 0) is 65.2 Å². The summed E-state index contributed by atoms with van der Waals surface area (Å²) in [6, 6.07) is 32.9. The third kappa shape index (κ3) is 19.5. The Kier molecular flexibility index (Phi) is 24.5. The predicted molar refractivity (Wildman–Crippen MR) is 195 cm³/mol. The van der Waals surface area contributed by atoms with Gasteiger partial charge in [0.05, 0.1) is 7.92 Å². The summed E-state index contributed by atoms with van der Waals surface area (Å²) in [5.74, 6) is 0. The summed E-state index contributed by atoms with van der Waals surface area (Å²) in [5.41, 5.74) is 0. The standard InChI is InChI=1S/C18H15P.C6H12N2S4.C5H11NS2.Cd/c1-4-10-16(11-5-1)19(17-12-6-2-7-13-17)18-14-8-3-9-15-18;9-5(10)7-3-1-2-4-8-6(11)12;1-3-4(2)6-5(7)8;/h1-15H;1-4H2,(H2,7,9,10)(H2,8,11,12);4H,3H2,1-2H3,(H2,6,7,8);/q;;;+2/p-2. The maximum absolute atomic E-state index is 4.67. The molecule has 0 aliphatic heterocycles. The van der Waals surface area contributed by atoms with E-state index >= 15 is 0 Å². The predicted octanol–water partition coefficient (Wildman–Crippen LogP) is 4.99. The second-order valence-corrected chi connectivity index (χ2v) is 14.1. The fourth-order valence-electron chi connectivity index (χ4n) is 3.25. The molecule has 210 valence electrons. The fraction of sp³-hybridized carbons (Fsp3) is 0.276. The topological polar surface area (TPSA) is 36.1 Å². The average Bonchev–Trinajstić information content (AvgIpc) is 2.93. The van der Waals surface area contributed by atoms with Crippen LogP contribution in [0, 0.1) is 0 Å². The zero-order chi connectivity index (χ0) is 28.9. The normalized spacial score (nSPS) is 10.3. The van der Waals surface area contributed by atoms with Gasteiger partial charge in [0.1, 0.15) is 15.9 Å². The number of unbranched alkanes of at least 4 members (excludes halogenated alkanes) is 1. The van der Waals surface area contributed by atoms with Crippen LogP contribution in [0.5, 0.6) is 0 Å². The molecule has 0 saturated heterocycles. The first-order chi connectivity index (χ1) is 18.7. The van der Waals surface area contributed by atoms with Gasteiger partial charge in [0.2, 0.25) is 0 Å². The van der Waals surface area contributed by atoms with Crippen LogP contribution in [0.3, 0.4) is 0 Å². The van der Waals surface area contributed by atoms with E-state index in [1.807, 2.05) is 0 Å². The van der Waals surface area contributed by atoms with Crippen LogP contribution in [-0.4, -0.2) is 32.1 Å². The van der Waals surface area contributed by atoms with Crippen molar-refractivity contribution in [3.63, 3.8) is 0 Å². The summed E-state index contributed by atoms with van der Waals surface area (Å²) in [7, 11) is -0.877. The van der Waals surface area contributed by atoms with E-state index < -0.39 is 7.92 Å². The molecular formula is C29H36CdN3PS6. The van der Waals surface area contributed by atoms with E-state index in [0.717, 1.165) is 32.4 Å². The van der Waals surface area contributed by atoms with Crippen molar-refractivity contribution in [3.05, 3.63) is 91.0 Å². The molecule has 0 spiro atoms. The van der Waals surface area contributed by atoms with E-state index in [9.17, 15) is 0 Å². The maximum Gasteiger partial charge on any atom is 2.00 e. The molecule has 3 nitrogen and oxygen atoms in total. The van der Waals surface area contributed by atoms with Crippen molar-refractivity contribution < 1.29 is 27.3 Å². The molecule has 0 aliphatic rings. The SMILES string of the molecule is CCC(C)NC(=S)[S-].S=C([S-])NCCCCNC(=S)[S-].[Cd+2].c1ccc([PH+](c2ccccc2)c2ccccc2)cc1. The second-order valence-electron chi connectivity index (χ2n) is 8.35. The first-order valence-corrected chi connectivity index (χ1v) is 16.6. The van der Waals surface area contributed by atoms with Gasteiger partial charge < -0.3 is 90.5 Å². The van der Waals surface area contributed by atoms with Crippen molar-refractivity contribution in [3.8, 4) is 0 Å². The van der Waals surface area contributed by atoms with Crippen molar-refractivity contribution in [2.24, 2.45) is 0 Å². The van der Waals surface area contributed by atoms with E-state index in [1.54, 1.807) is 0 Å². The third-order valence-corrected chi connectivity index (χ3v) is 8.85. The summed E-state index contributed by atoms with van der Waals surface area (Å²) in [5, 5.41) is 13.0. The second kappa shape index (κ2) is 24.9. The zero-order valence-corrected chi connectivity index (χ0v) is 32.9. The number of nitrogens with one attached hydrogen (secondary N) is 3. The summed E-state index contributed by atoms with van der Waals surface area (Å²) in [6.07, 6.45) is 3.10. The van der Waals surface area contributed by atoms with Gasteiger partial charge in [0, 0.05) is 19.1 Å². The van der Waals surface area contributed by atoms with Crippen molar-refractivity contribution >= 4 is 111 Å². The zero-order valence-electron chi connectivity index (χ0n) is 22.9. The minimum atomic E-state index is -0.877. The first-order valence-electron chi connectivity index (χ1n) is 12.6. The van der Waals surface area contributed by atoms with Crippen LogP contribution >= 0.6 is 44.6 Å². The van der Waals surface area contributed by atoms with E-state index in [1.165, 1.54) is 15.9 Å². The van der Waals surface area contributed by atoms with Crippen LogP contribution in [0.1, 0.15) is 33.1 Å². The smallest absolute Gasteiger partial charge is 0.412 e. The van der Waals surface area contributed by atoms with Crippen molar-refractivity contribution in [1.82, 2.24) is 16.0 Å². The van der Waals surface area contributed by atoms with Crippen LogP contribution in [0.4, 0.5) is 0 Å². The molecule has 0 fully saturated rings. The number of rotatable bonds is 10. The Morgan fingerprint density at radius 1 is 0.650 bits per heavy atom. The minimum Gasteiger partial charge on any atom is -0.412 e. The van der Waals surface area contributed by atoms with Crippen LogP contribution in [0.2, 0.25) is 0 Å². The molecule has 0 heterocycles. The van der Waals surface area contributed by atoms with E-state index in [0.29, 0.717) is 19.0 Å². The number of hydrogen-bond donors (Lipinski definition) is 3. The molecule has 11 heteroatoms. The fourth-order valence-corrected chi connectivity index (χ4v) is 6.64. The third-order valence-electron chi connectivity index (χ3n) is 5.31. The Morgan fingerprint density at radius 2 is 0.975 bits per heavy atom. The Balaban J connectivity index is 0.000000629. The molecule has 3 aromatic rings. The van der Waals surface area contributed by atoms with Gasteiger partial charge in [-0.15, -0.1) is 0 Å². The molecule has 0 bridgehead atoms. The van der Waals surface area contributed by atoms with Crippen LogP contribution < -0.4 is 31.9 Å². The first kappa shape index (κ1) is 39.3. The summed E-state index contributed by atoms with van der Waals surface area (Å²) < 4.78 is 1.34. The summed E-state index contributed by atoms with van der Waals surface area (Å²) >= 11 is 27.9. The molecular weight excluding hydrogens is 726 g/mol. The van der Waals surface area contributed by atoms with Gasteiger partial charge in [-0.05, 0) is 62.6 Å². The molecule has 0 amide bonds. The quantitative estimate of drug-likeness (QED) is 0.0872. The molecule has 3 rings (SSSR count).